The number of aliphatic hydroxyl groups is 1. The van der Waals surface area contributed by atoms with E-state index in [9.17, 15) is 19.5 Å². The molecule has 0 bridgehead atoms. The van der Waals surface area contributed by atoms with Gasteiger partial charge in [-0.1, -0.05) is 56.8 Å². The van der Waals surface area contributed by atoms with Gasteiger partial charge < -0.3 is 20.2 Å². The molecular weight excluding hydrogens is 442 g/mol. The highest BCUT2D eigenvalue weighted by Gasteiger charge is 2.39. The molecule has 182 valence electrons. The van der Waals surface area contributed by atoms with Gasteiger partial charge in [-0.3, -0.25) is 14.4 Å². The molecule has 1 aromatic rings. The molecule has 0 radical (unpaired) electrons. The number of hydrogen-bond acceptors (Lipinski definition) is 4. The maximum Gasteiger partial charge on any atom is 0.246 e. The topological polar surface area (TPSA) is 90.0 Å². The van der Waals surface area contributed by atoms with E-state index in [-0.39, 0.29) is 29.8 Å². The van der Waals surface area contributed by atoms with Crippen LogP contribution in [-0.4, -0.2) is 70.4 Å². The highest BCUT2D eigenvalue weighted by molar-refractivity contribution is 6.30. The number of halogens is 1. The third-order valence-electron chi connectivity index (χ3n) is 6.71. The molecule has 2 aliphatic rings. The molecule has 2 fully saturated rings. The number of nitrogens with zero attached hydrogens (tertiary/aromatic N) is 2. The first-order chi connectivity index (χ1) is 15.8. The molecule has 0 aromatic heterocycles. The molecule has 2 N–H and O–H groups in total. The van der Waals surface area contributed by atoms with E-state index in [1.54, 1.807) is 17.0 Å². The lowest BCUT2D eigenvalue weighted by atomic mass is 9.92. The van der Waals surface area contributed by atoms with Gasteiger partial charge in [-0.25, -0.2) is 0 Å². The molecule has 1 aliphatic carbocycles. The normalized spacial score (nSPS) is 20.0. The lowest BCUT2D eigenvalue weighted by molar-refractivity contribution is -0.141. The molecule has 2 unspecified atom stereocenters. The van der Waals surface area contributed by atoms with Crippen LogP contribution in [0.2, 0.25) is 5.02 Å². The van der Waals surface area contributed by atoms with E-state index in [1.807, 2.05) is 26.0 Å². The summed E-state index contributed by atoms with van der Waals surface area (Å²) >= 11 is 5.97. The van der Waals surface area contributed by atoms with Gasteiger partial charge in [0.05, 0.1) is 6.04 Å². The molecule has 2 atom stereocenters. The zero-order valence-corrected chi connectivity index (χ0v) is 20.4. The van der Waals surface area contributed by atoms with Gasteiger partial charge >= 0.3 is 0 Å². The van der Waals surface area contributed by atoms with E-state index < -0.39 is 18.6 Å². The Morgan fingerprint density at radius 2 is 1.76 bits per heavy atom. The monoisotopic (exact) mass is 477 g/mol. The molecule has 33 heavy (non-hydrogen) atoms. The Morgan fingerprint density at radius 3 is 2.36 bits per heavy atom. The van der Waals surface area contributed by atoms with E-state index in [2.05, 4.69) is 10.2 Å². The van der Waals surface area contributed by atoms with Crippen molar-refractivity contribution >= 4 is 29.3 Å². The van der Waals surface area contributed by atoms with Crippen LogP contribution in [0.5, 0.6) is 0 Å². The smallest absolute Gasteiger partial charge is 0.246 e. The summed E-state index contributed by atoms with van der Waals surface area (Å²) < 4.78 is 0. The number of rotatable bonds is 8. The van der Waals surface area contributed by atoms with E-state index in [4.69, 9.17) is 11.6 Å². The fraction of sp³-hybridized carbons (Fsp3) is 0.640. The number of carbonyl (C=O) groups is 3. The summed E-state index contributed by atoms with van der Waals surface area (Å²) in [5.74, 6) is -0.697. The van der Waals surface area contributed by atoms with Crippen molar-refractivity contribution in [1.82, 2.24) is 15.1 Å². The standard InChI is InChI=1S/C25H36ClN3O4/c1-17(2)24(32)29(20-6-4-3-5-7-20)21-12-13-28(15-21)25(33)22(27-23(31)16-30)14-18-8-10-19(26)11-9-18/h8-11,17,20-22,30H,3-7,12-16H2,1-2H3,(H,27,31). The third kappa shape index (κ3) is 6.70. The van der Waals surface area contributed by atoms with Crippen molar-refractivity contribution in [3.05, 3.63) is 34.9 Å². The zero-order valence-electron chi connectivity index (χ0n) is 19.6. The van der Waals surface area contributed by atoms with Crippen molar-refractivity contribution in [2.75, 3.05) is 19.7 Å². The molecule has 1 aliphatic heterocycles. The Hall–Kier alpha value is -2.12. The summed E-state index contributed by atoms with van der Waals surface area (Å²) in [5.41, 5.74) is 0.866. The number of likely N-dealkylation sites (tertiary alicyclic amines) is 1. The minimum atomic E-state index is -0.784. The van der Waals surface area contributed by atoms with Gasteiger partial charge in [0.15, 0.2) is 0 Å². The Labute approximate surface area is 201 Å². The third-order valence-corrected chi connectivity index (χ3v) is 6.97. The highest BCUT2D eigenvalue weighted by Crippen LogP contribution is 2.29. The van der Waals surface area contributed by atoms with E-state index in [0.29, 0.717) is 24.5 Å². The first kappa shape index (κ1) is 25.5. The summed E-state index contributed by atoms with van der Waals surface area (Å²) in [7, 11) is 0. The Kier molecular flexibility index (Phi) is 9.15. The average Bonchev–Trinajstić information content (AvgIpc) is 3.29. The van der Waals surface area contributed by atoms with Gasteiger partial charge in [-0.2, -0.15) is 0 Å². The summed E-state index contributed by atoms with van der Waals surface area (Å²) in [6.07, 6.45) is 6.58. The second-order valence-electron chi connectivity index (χ2n) is 9.53. The SMILES string of the molecule is CC(C)C(=O)N(C1CCCCC1)C1CCN(C(=O)C(Cc2ccc(Cl)cc2)NC(=O)CO)C1. The maximum atomic E-state index is 13.4. The first-order valence-corrected chi connectivity index (χ1v) is 12.4. The van der Waals surface area contributed by atoms with Gasteiger partial charge in [0.2, 0.25) is 17.7 Å². The second-order valence-corrected chi connectivity index (χ2v) is 9.96. The molecule has 0 spiro atoms. The summed E-state index contributed by atoms with van der Waals surface area (Å²) in [4.78, 5) is 42.3. The Morgan fingerprint density at radius 1 is 1.09 bits per heavy atom. The van der Waals surface area contributed by atoms with Crippen LogP contribution in [0.4, 0.5) is 0 Å². The molecule has 3 rings (SSSR count). The van der Waals surface area contributed by atoms with Crippen LogP contribution in [0, 0.1) is 5.92 Å². The first-order valence-electron chi connectivity index (χ1n) is 12.1. The van der Waals surface area contributed by atoms with Crippen LogP contribution in [0.1, 0.15) is 57.9 Å². The Bertz CT molecular complexity index is 823. The maximum absolute atomic E-state index is 13.4. The van der Waals surface area contributed by atoms with Crippen LogP contribution in [-0.2, 0) is 20.8 Å². The van der Waals surface area contributed by atoms with Crippen LogP contribution in [0.15, 0.2) is 24.3 Å². The van der Waals surface area contributed by atoms with Gasteiger partial charge in [0, 0.05) is 36.5 Å². The molecule has 1 saturated heterocycles. The second kappa shape index (κ2) is 11.8. The average molecular weight is 478 g/mol. The van der Waals surface area contributed by atoms with Crippen LogP contribution < -0.4 is 5.32 Å². The highest BCUT2D eigenvalue weighted by atomic mass is 35.5. The fourth-order valence-electron chi connectivity index (χ4n) is 5.00. The number of benzene rings is 1. The number of hydrogen-bond donors (Lipinski definition) is 2. The van der Waals surface area contributed by atoms with Crippen molar-refractivity contribution in [2.45, 2.75) is 76.9 Å². The number of amides is 3. The summed E-state index contributed by atoms with van der Waals surface area (Å²) in [6.45, 7) is 4.21. The van der Waals surface area contributed by atoms with Crippen LogP contribution in [0.25, 0.3) is 0 Å². The Balaban J connectivity index is 1.73. The number of aliphatic hydroxyl groups excluding tert-OH is 1. The van der Waals surface area contributed by atoms with E-state index >= 15 is 0 Å². The van der Waals surface area contributed by atoms with Crippen molar-refractivity contribution in [2.24, 2.45) is 5.92 Å². The predicted octanol–water partition coefficient (Wildman–Crippen LogP) is 2.78. The summed E-state index contributed by atoms with van der Waals surface area (Å²) in [6, 6.07) is 6.60. The minimum absolute atomic E-state index is 0.00308. The molecular formula is C25H36ClN3O4. The van der Waals surface area contributed by atoms with Gasteiger partial charge in [0.25, 0.3) is 0 Å². The van der Waals surface area contributed by atoms with Crippen molar-refractivity contribution in [3.8, 4) is 0 Å². The number of carbonyl (C=O) groups excluding carboxylic acids is 3. The van der Waals surface area contributed by atoms with Gasteiger partial charge in [-0.05, 0) is 37.0 Å². The molecule has 7 nitrogen and oxygen atoms in total. The van der Waals surface area contributed by atoms with Crippen LogP contribution >= 0.6 is 11.6 Å². The van der Waals surface area contributed by atoms with Crippen molar-refractivity contribution in [3.63, 3.8) is 0 Å². The quantitative estimate of drug-likeness (QED) is 0.602. The largest absolute Gasteiger partial charge is 0.387 e. The van der Waals surface area contributed by atoms with Gasteiger partial charge in [0.1, 0.15) is 12.6 Å². The van der Waals surface area contributed by atoms with E-state index in [0.717, 1.165) is 37.7 Å². The summed E-state index contributed by atoms with van der Waals surface area (Å²) in [5, 5.41) is 12.5. The fourth-order valence-corrected chi connectivity index (χ4v) is 5.13. The lowest BCUT2D eigenvalue weighted by Gasteiger charge is -2.39. The minimum Gasteiger partial charge on any atom is -0.387 e. The van der Waals surface area contributed by atoms with E-state index in [1.165, 1.54) is 6.42 Å². The lowest BCUT2D eigenvalue weighted by Crippen LogP contribution is -2.53. The molecule has 1 aromatic carbocycles. The van der Waals surface area contributed by atoms with Gasteiger partial charge in [-0.15, -0.1) is 0 Å². The van der Waals surface area contributed by atoms with Crippen LogP contribution in [0.3, 0.4) is 0 Å². The molecule has 3 amide bonds. The molecule has 8 heteroatoms. The zero-order chi connectivity index (χ0) is 24.0. The molecule has 1 heterocycles. The number of nitrogens with one attached hydrogen (secondary N) is 1. The van der Waals surface area contributed by atoms with Crippen molar-refractivity contribution in [1.29, 1.82) is 0 Å². The van der Waals surface area contributed by atoms with Crippen molar-refractivity contribution < 1.29 is 19.5 Å². The molecule has 1 saturated carbocycles. The predicted molar refractivity (Wildman–Crippen MR) is 128 cm³/mol.